The summed E-state index contributed by atoms with van der Waals surface area (Å²) in [6.07, 6.45) is 2.87. The van der Waals surface area contributed by atoms with Crippen molar-refractivity contribution in [3.63, 3.8) is 0 Å². The summed E-state index contributed by atoms with van der Waals surface area (Å²) < 4.78 is 1.17. The lowest BCUT2D eigenvalue weighted by molar-refractivity contribution is 0.0950. The Bertz CT molecular complexity index is 817. The highest BCUT2D eigenvalue weighted by molar-refractivity contribution is 5.93. The molecule has 0 unspecified atom stereocenters. The molecule has 0 fully saturated rings. The fourth-order valence-electron chi connectivity index (χ4n) is 2.38. The van der Waals surface area contributed by atoms with Gasteiger partial charge in [0.15, 0.2) is 0 Å². The van der Waals surface area contributed by atoms with Crippen LogP contribution in [-0.2, 0) is 13.5 Å². The summed E-state index contributed by atoms with van der Waals surface area (Å²) in [5, 5.41) is 2.71. The molecule has 1 aromatic carbocycles. The Balaban J connectivity index is 1.86. The first-order valence-electron chi connectivity index (χ1n) is 8.05. The summed E-state index contributed by atoms with van der Waals surface area (Å²) in [4.78, 5) is 37.0. The number of aryl methyl sites for hydroxylation is 2. The van der Waals surface area contributed by atoms with E-state index in [0.29, 0.717) is 12.5 Å². The number of aromatic nitrogens is 2. The Morgan fingerprint density at radius 3 is 2.50 bits per heavy atom. The van der Waals surface area contributed by atoms with Crippen molar-refractivity contribution in [2.75, 3.05) is 6.54 Å². The van der Waals surface area contributed by atoms with Gasteiger partial charge in [-0.3, -0.25) is 14.6 Å². The van der Waals surface area contributed by atoms with Crippen LogP contribution in [0.25, 0.3) is 0 Å². The average molecular weight is 329 g/mol. The Kier molecular flexibility index (Phi) is 5.73. The molecule has 0 radical (unpaired) electrons. The van der Waals surface area contributed by atoms with E-state index in [2.05, 4.69) is 48.4 Å². The van der Waals surface area contributed by atoms with Crippen molar-refractivity contribution in [2.24, 2.45) is 7.05 Å². The number of hydrogen-bond acceptors (Lipinski definition) is 3. The van der Waals surface area contributed by atoms with E-state index in [1.165, 1.54) is 28.9 Å². The molecule has 2 N–H and O–H groups in total. The molecule has 24 heavy (non-hydrogen) atoms. The van der Waals surface area contributed by atoms with Gasteiger partial charge < -0.3 is 9.88 Å². The lowest BCUT2D eigenvalue weighted by Crippen LogP contribution is -2.36. The fraction of sp³-hybridized carbons (Fsp3) is 0.389. The monoisotopic (exact) mass is 329 g/mol. The number of carbonyl (C=O) groups excluding carboxylic acids is 1. The zero-order valence-corrected chi connectivity index (χ0v) is 14.3. The minimum Gasteiger partial charge on any atom is -0.352 e. The van der Waals surface area contributed by atoms with Gasteiger partial charge in [0.25, 0.3) is 11.5 Å². The van der Waals surface area contributed by atoms with Crippen LogP contribution in [0.15, 0.2) is 40.1 Å². The summed E-state index contributed by atoms with van der Waals surface area (Å²) in [7, 11) is 1.48. The molecule has 0 aliphatic rings. The first-order valence-corrected chi connectivity index (χ1v) is 8.05. The predicted molar refractivity (Wildman–Crippen MR) is 93.5 cm³/mol. The summed E-state index contributed by atoms with van der Waals surface area (Å²) in [5.41, 5.74) is 1.26. The van der Waals surface area contributed by atoms with Crippen LogP contribution < -0.4 is 16.6 Å². The van der Waals surface area contributed by atoms with E-state index in [1.54, 1.807) is 0 Å². The number of benzene rings is 1. The standard InChI is InChI=1S/C18H23N3O3/c1-12(2)14-8-6-13(7-9-14)5-4-10-19-16(22)15-11-21(3)18(24)20-17(15)23/h6-9,11-12H,4-5,10H2,1-3H3,(H,19,22)(H,20,23,24). The number of H-pyrrole nitrogens is 1. The maximum absolute atomic E-state index is 12.0. The van der Waals surface area contributed by atoms with E-state index in [4.69, 9.17) is 0 Å². The SMILES string of the molecule is CC(C)c1ccc(CCCNC(=O)c2cn(C)c(=O)[nH]c2=O)cc1. The zero-order chi connectivity index (χ0) is 17.7. The number of carbonyl (C=O) groups is 1. The van der Waals surface area contributed by atoms with Crippen molar-refractivity contribution in [2.45, 2.75) is 32.6 Å². The van der Waals surface area contributed by atoms with Gasteiger partial charge in [-0.1, -0.05) is 38.1 Å². The van der Waals surface area contributed by atoms with Crippen molar-refractivity contribution in [1.29, 1.82) is 0 Å². The molecule has 2 aromatic rings. The average Bonchev–Trinajstić information content (AvgIpc) is 2.55. The molecule has 0 aliphatic heterocycles. The molecule has 0 atom stereocenters. The van der Waals surface area contributed by atoms with Gasteiger partial charge in [0.2, 0.25) is 0 Å². The van der Waals surface area contributed by atoms with Gasteiger partial charge in [-0.05, 0) is 29.9 Å². The molecule has 0 saturated carbocycles. The van der Waals surface area contributed by atoms with Gasteiger partial charge in [-0.2, -0.15) is 0 Å². The summed E-state index contributed by atoms with van der Waals surface area (Å²) >= 11 is 0. The topological polar surface area (TPSA) is 84.0 Å². The largest absolute Gasteiger partial charge is 0.352 e. The van der Waals surface area contributed by atoms with Gasteiger partial charge >= 0.3 is 5.69 Å². The van der Waals surface area contributed by atoms with E-state index < -0.39 is 17.2 Å². The first kappa shape index (κ1) is 17.7. The molecule has 0 aliphatic carbocycles. The second kappa shape index (κ2) is 7.77. The molecule has 0 saturated heterocycles. The Morgan fingerprint density at radius 2 is 1.88 bits per heavy atom. The normalized spacial score (nSPS) is 10.8. The third-order valence-electron chi connectivity index (χ3n) is 3.93. The number of nitrogens with one attached hydrogen (secondary N) is 2. The van der Waals surface area contributed by atoms with Crippen LogP contribution in [0, 0.1) is 0 Å². The van der Waals surface area contributed by atoms with Crippen LogP contribution in [-0.4, -0.2) is 22.0 Å². The third-order valence-corrected chi connectivity index (χ3v) is 3.93. The van der Waals surface area contributed by atoms with Crippen LogP contribution in [0.1, 0.15) is 47.7 Å². The molecule has 6 nitrogen and oxygen atoms in total. The van der Waals surface area contributed by atoms with Crippen molar-refractivity contribution < 1.29 is 4.79 Å². The number of rotatable bonds is 6. The maximum Gasteiger partial charge on any atom is 0.328 e. The van der Waals surface area contributed by atoms with Gasteiger partial charge in [0.1, 0.15) is 5.56 Å². The fourth-order valence-corrected chi connectivity index (χ4v) is 2.38. The second-order valence-electron chi connectivity index (χ2n) is 6.17. The van der Waals surface area contributed by atoms with Crippen LogP contribution in [0.3, 0.4) is 0 Å². The summed E-state index contributed by atoms with van der Waals surface area (Å²) in [6, 6.07) is 8.47. The number of aromatic amines is 1. The van der Waals surface area contributed by atoms with Gasteiger partial charge in [0, 0.05) is 19.8 Å². The Hall–Kier alpha value is -2.63. The van der Waals surface area contributed by atoms with Crippen molar-refractivity contribution in [3.8, 4) is 0 Å². The third kappa shape index (κ3) is 4.44. The van der Waals surface area contributed by atoms with E-state index in [9.17, 15) is 14.4 Å². The molecule has 1 aromatic heterocycles. The molecule has 0 bridgehead atoms. The highest BCUT2D eigenvalue weighted by atomic mass is 16.2. The van der Waals surface area contributed by atoms with Gasteiger partial charge in [-0.25, -0.2) is 4.79 Å². The smallest absolute Gasteiger partial charge is 0.328 e. The number of hydrogen-bond donors (Lipinski definition) is 2. The highest BCUT2D eigenvalue weighted by Crippen LogP contribution is 2.15. The molecule has 1 heterocycles. The van der Waals surface area contributed by atoms with Crippen LogP contribution in [0.2, 0.25) is 0 Å². The van der Waals surface area contributed by atoms with Crippen LogP contribution in [0.4, 0.5) is 0 Å². The second-order valence-corrected chi connectivity index (χ2v) is 6.17. The minimum absolute atomic E-state index is 0.0570. The lowest BCUT2D eigenvalue weighted by atomic mass is 10.0. The first-order chi connectivity index (χ1) is 11.4. The Labute approximate surface area is 140 Å². The molecular weight excluding hydrogens is 306 g/mol. The summed E-state index contributed by atoms with van der Waals surface area (Å²) in [6.45, 7) is 4.78. The lowest BCUT2D eigenvalue weighted by Gasteiger charge is -2.08. The van der Waals surface area contributed by atoms with Crippen molar-refractivity contribution >= 4 is 5.91 Å². The van der Waals surface area contributed by atoms with Crippen molar-refractivity contribution in [3.05, 3.63) is 68.0 Å². The van der Waals surface area contributed by atoms with Gasteiger partial charge in [-0.15, -0.1) is 0 Å². The van der Waals surface area contributed by atoms with Gasteiger partial charge in [0.05, 0.1) is 0 Å². The van der Waals surface area contributed by atoms with Crippen LogP contribution >= 0.6 is 0 Å². The quantitative estimate of drug-likeness (QED) is 0.789. The number of amides is 1. The predicted octanol–water partition coefficient (Wildman–Crippen LogP) is 1.56. The number of nitrogens with zero attached hydrogens (tertiary/aromatic N) is 1. The van der Waals surface area contributed by atoms with E-state index in [1.807, 2.05) is 0 Å². The highest BCUT2D eigenvalue weighted by Gasteiger charge is 2.11. The van der Waals surface area contributed by atoms with Crippen molar-refractivity contribution in [1.82, 2.24) is 14.9 Å². The summed E-state index contributed by atoms with van der Waals surface area (Å²) in [5.74, 6) is 0.0419. The molecular formula is C18H23N3O3. The molecule has 1 amide bonds. The minimum atomic E-state index is -0.667. The zero-order valence-electron chi connectivity index (χ0n) is 14.3. The molecule has 6 heteroatoms. The molecule has 0 spiro atoms. The molecule has 2 rings (SSSR count). The van der Waals surface area contributed by atoms with E-state index >= 15 is 0 Å². The van der Waals surface area contributed by atoms with E-state index in [-0.39, 0.29) is 5.56 Å². The Morgan fingerprint density at radius 1 is 1.21 bits per heavy atom. The van der Waals surface area contributed by atoms with E-state index in [0.717, 1.165) is 12.8 Å². The van der Waals surface area contributed by atoms with Crippen LogP contribution in [0.5, 0.6) is 0 Å². The maximum atomic E-state index is 12.0. The molecule has 128 valence electrons.